The van der Waals surface area contributed by atoms with E-state index in [0.717, 1.165) is 32.5 Å². The molecule has 0 N–H and O–H groups in total. The SMILES string of the molecule is CCCC[C@H]1CO[C@H](CC[C@H]2CO[C@H](c3ccc(OCC)c(F)c3F)OC2)OC1. The van der Waals surface area contributed by atoms with Gasteiger partial charge in [0.2, 0.25) is 5.82 Å². The Morgan fingerprint density at radius 2 is 1.52 bits per heavy atom. The van der Waals surface area contributed by atoms with Crippen LogP contribution >= 0.6 is 0 Å². The second-order valence-corrected chi connectivity index (χ2v) is 7.76. The van der Waals surface area contributed by atoms with Gasteiger partial charge in [-0.05, 0) is 38.3 Å². The molecule has 0 unspecified atom stereocenters. The number of halogens is 2. The molecule has 1 aromatic carbocycles. The lowest BCUT2D eigenvalue weighted by molar-refractivity contribution is -0.221. The monoisotopic (exact) mass is 414 g/mol. The summed E-state index contributed by atoms with van der Waals surface area (Å²) in [5, 5.41) is 0. The highest BCUT2D eigenvalue weighted by Crippen LogP contribution is 2.33. The van der Waals surface area contributed by atoms with E-state index in [-0.39, 0.29) is 30.1 Å². The van der Waals surface area contributed by atoms with Crippen molar-refractivity contribution in [3.05, 3.63) is 29.3 Å². The summed E-state index contributed by atoms with van der Waals surface area (Å²) in [6, 6.07) is 2.86. The third kappa shape index (κ3) is 6.10. The van der Waals surface area contributed by atoms with Crippen LogP contribution in [0.4, 0.5) is 8.78 Å². The third-order valence-electron chi connectivity index (χ3n) is 5.41. The van der Waals surface area contributed by atoms with Crippen LogP contribution in [-0.2, 0) is 18.9 Å². The van der Waals surface area contributed by atoms with Crippen molar-refractivity contribution in [1.29, 1.82) is 0 Å². The van der Waals surface area contributed by atoms with Gasteiger partial charge in [0.25, 0.3) is 0 Å². The van der Waals surface area contributed by atoms with Crippen molar-refractivity contribution in [2.24, 2.45) is 11.8 Å². The van der Waals surface area contributed by atoms with Gasteiger partial charge in [0.1, 0.15) is 0 Å². The molecule has 0 aliphatic carbocycles. The Hall–Kier alpha value is -1.28. The van der Waals surface area contributed by atoms with Crippen LogP contribution in [0.5, 0.6) is 5.75 Å². The molecular weight excluding hydrogens is 382 g/mol. The van der Waals surface area contributed by atoms with E-state index in [1.807, 2.05) is 0 Å². The zero-order valence-electron chi connectivity index (χ0n) is 17.3. The first-order valence-corrected chi connectivity index (χ1v) is 10.7. The van der Waals surface area contributed by atoms with E-state index in [0.29, 0.717) is 19.1 Å². The van der Waals surface area contributed by atoms with Crippen molar-refractivity contribution in [3.63, 3.8) is 0 Å². The average Bonchev–Trinajstić information content (AvgIpc) is 2.75. The van der Waals surface area contributed by atoms with E-state index in [1.54, 1.807) is 6.92 Å². The topological polar surface area (TPSA) is 46.2 Å². The minimum Gasteiger partial charge on any atom is -0.491 e. The van der Waals surface area contributed by atoms with E-state index in [9.17, 15) is 8.78 Å². The van der Waals surface area contributed by atoms with Gasteiger partial charge in [0.15, 0.2) is 24.1 Å². The summed E-state index contributed by atoms with van der Waals surface area (Å²) >= 11 is 0. The Bertz CT molecular complexity index is 626. The van der Waals surface area contributed by atoms with E-state index < -0.39 is 17.9 Å². The lowest BCUT2D eigenvalue weighted by Crippen LogP contribution is -2.33. The Balaban J connectivity index is 1.40. The largest absolute Gasteiger partial charge is 0.491 e. The molecule has 0 radical (unpaired) electrons. The van der Waals surface area contributed by atoms with Gasteiger partial charge in [-0.1, -0.05) is 19.8 Å². The molecule has 7 heteroatoms. The molecule has 2 heterocycles. The van der Waals surface area contributed by atoms with E-state index in [4.69, 9.17) is 23.7 Å². The van der Waals surface area contributed by atoms with Crippen LogP contribution in [0.25, 0.3) is 0 Å². The zero-order chi connectivity index (χ0) is 20.6. The van der Waals surface area contributed by atoms with Crippen LogP contribution in [0.1, 0.15) is 57.8 Å². The first-order chi connectivity index (χ1) is 14.1. The Morgan fingerprint density at radius 1 is 0.862 bits per heavy atom. The van der Waals surface area contributed by atoms with Crippen LogP contribution in [0, 0.1) is 23.5 Å². The Morgan fingerprint density at radius 3 is 2.17 bits per heavy atom. The maximum atomic E-state index is 14.3. The van der Waals surface area contributed by atoms with Gasteiger partial charge in [-0.3, -0.25) is 0 Å². The van der Waals surface area contributed by atoms with Crippen molar-refractivity contribution in [1.82, 2.24) is 0 Å². The summed E-state index contributed by atoms with van der Waals surface area (Å²) in [4.78, 5) is 0. The molecule has 29 heavy (non-hydrogen) atoms. The first-order valence-electron chi connectivity index (χ1n) is 10.7. The van der Waals surface area contributed by atoms with Gasteiger partial charge in [-0.2, -0.15) is 4.39 Å². The van der Waals surface area contributed by atoms with Gasteiger partial charge in [-0.15, -0.1) is 0 Å². The van der Waals surface area contributed by atoms with E-state index in [2.05, 4.69) is 6.92 Å². The van der Waals surface area contributed by atoms with Crippen LogP contribution in [0.3, 0.4) is 0 Å². The highest BCUT2D eigenvalue weighted by Gasteiger charge is 2.29. The summed E-state index contributed by atoms with van der Waals surface area (Å²) in [6.45, 7) is 6.52. The fourth-order valence-electron chi connectivity index (χ4n) is 3.67. The standard InChI is InChI=1S/C22H32F2O5/c1-3-5-6-15-11-26-19(27-12-15)10-7-16-13-28-22(29-14-16)17-8-9-18(25-4-2)21(24)20(17)23/h8-9,15-16,19,22H,3-7,10-14H2,1-2H3/t15-,16-,19-,22-. The quantitative estimate of drug-likeness (QED) is 0.570. The summed E-state index contributed by atoms with van der Waals surface area (Å²) in [6.07, 6.45) is 4.07. The molecule has 0 saturated carbocycles. The minimum absolute atomic E-state index is 0.0569. The van der Waals surface area contributed by atoms with Crippen LogP contribution in [0.2, 0.25) is 0 Å². The van der Waals surface area contributed by atoms with Crippen LogP contribution < -0.4 is 4.74 Å². The molecule has 2 aliphatic rings. The minimum atomic E-state index is -1.01. The Labute approximate surface area is 171 Å². The highest BCUT2D eigenvalue weighted by molar-refractivity contribution is 5.31. The number of rotatable bonds is 9. The maximum Gasteiger partial charge on any atom is 0.201 e. The summed E-state index contributed by atoms with van der Waals surface area (Å²) in [5.74, 6) is -1.43. The highest BCUT2D eigenvalue weighted by atomic mass is 19.2. The second-order valence-electron chi connectivity index (χ2n) is 7.76. The molecular formula is C22H32F2O5. The van der Waals surface area contributed by atoms with Crippen molar-refractivity contribution in [2.45, 2.75) is 58.5 Å². The maximum absolute atomic E-state index is 14.3. The van der Waals surface area contributed by atoms with Crippen molar-refractivity contribution in [2.75, 3.05) is 33.0 Å². The van der Waals surface area contributed by atoms with Crippen molar-refractivity contribution >= 4 is 0 Å². The van der Waals surface area contributed by atoms with Crippen LogP contribution in [0.15, 0.2) is 12.1 Å². The number of unbranched alkanes of at least 4 members (excludes halogenated alkanes) is 1. The molecule has 2 fully saturated rings. The summed E-state index contributed by atoms with van der Waals surface area (Å²) in [5.41, 5.74) is 0.0569. The summed E-state index contributed by atoms with van der Waals surface area (Å²) < 4.78 is 56.4. The molecule has 0 aromatic heterocycles. The molecule has 0 bridgehead atoms. The number of ether oxygens (including phenoxy) is 5. The molecule has 2 aliphatic heterocycles. The predicted molar refractivity (Wildman–Crippen MR) is 104 cm³/mol. The molecule has 0 spiro atoms. The predicted octanol–water partition coefficient (Wildman–Crippen LogP) is 4.98. The van der Waals surface area contributed by atoms with E-state index in [1.165, 1.54) is 25.0 Å². The molecule has 164 valence electrons. The molecule has 5 nitrogen and oxygen atoms in total. The lowest BCUT2D eigenvalue weighted by atomic mass is 10.0. The van der Waals surface area contributed by atoms with E-state index >= 15 is 0 Å². The number of hydrogen-bond acceptors (Lipinski definition) is 5. The zero-order valence-corrected chi connectivity index (χ0v) is 17.3. The molecule has 0 atom stereocenters. The van der Waals surface area contributed by atoms with Crippen molar-refractivity contribution < 1.29 is 32.5 Å². The Kier molecular flexibility index (Phi) is 8.66. The summed E-state index contributed by atoms with van der Waals surface area (Å²) in [7, 11) is 0. The molecule has 2 saturated heterocycles. The number of benzene rings is 1. The number of hydrogen-bond donors (Lipinski definition) is 0. The lowest BCUT2D eigenvalue weighted by Gasteiger charge is -2.32. The smallest absolute Gasteiger partial charge is 0.201 e. The first kappa shape index (κ1) is 22.4. The van der Waals surface area contributed by atoms with Gasteiger partial charge in [0.05, 0.1) is 33.0 Å². The molecule has 0 amide bonds. The van der Waals surface area contributed by atoms with Gasteiger partial charge >= 0.3 is 0 Å². The van der Waals surface area contributed by atoms with Gasteiger partial charge in [0, 0.05) is 17.4 Å². The molecule has 3 rings (SSSR count). The van der Waals surface area contributed by atoms with Crippen LogP contribution in [-0.4, -0.2) is 39.3 Å². The average molecular weight is 414 g/mol. The molecule has 1 aromatic rings. The van der Waals surface area contributed by atoms with Gasteiger partial charge < -0.3 is 23.7 Å². The van der Waals surface area contributed by atoms with Crippen molar-refractivity contribution in [3.8, 4) is 5.75 Å². The fraction of sp³-hybridized carbons (Fsp3) is 0.727. The third-order valence-corrected chi connectivity index (χ3v) is 5.41. The normalized spacial score (nSPS) is 27.7. The fourth-order valence-corrected chi connectivity index (χ4v) is 3.67. The second kappa shape index (κ2) is 11.2. The van der Waals surface area contributed by atoms with Gasteiger partial charge in [-0.25, -0.2) is 4.39 Å².